The maximum Gasteiger partial charge on any atom is 0.573 e. The number of carbonyl (C=O) groups excluding carboxylic acids is 1. The zero-order valence-corrected chi connectivity index (χ0v) is 7.86. The van der Waals surface area contributed by atoms with Crippen LogP contribution in [0.5, 0.6) is 0 Å². The number of ether oxygens (including phenoxy) is 1. The summed E-state index contributed by atoms with van der Waals surface area (Å²) in [7, 11) is 0. The average Bonchev–Trinajstić information content (AvgIpc) is 2.17. The molecule has 0 aromatic rings. The Balaban J connectivity index is 2.30. The summed E-state index contributed by atoms with van der Waals surface area (Å²) in [5, 5.41) is 0. The number of fused-ring (bicyclic) bond motifs is 1. The molecule has 1 atom stereocenters. The molecule has 0 aromatic heterocycles. The van der Waals surface area contributed by atoms with Crippen molar-refractivity contribution in [1.29, 1.82) is 0 Å². The Morgan fingerprint density at radius 2 is 2.06 bits per heavy atom. The van der Waals surface area contributed by atoms with Crippen LogP contribution in [0.25, 0.3) is 0 Å². The summed E-state index contributed by atoms with van der Waals surface area (Å²) < 4.78 is 40.0. The number of allylic oxidation sites excluding steroid dienone is 4. The van der Waals surface area contributed by atoms with Crippen LogP contribution in [0, 0.1) is 5.92 Å². The molecule has 84 valence electrons. The first-order valence-corrected chi connectivity index (χ1v) is 4.40. The molecule has 2 aliphatic rings. The zero-order chi connectivity index (χ0) is 11.8. The van der Waals surface area contributed by atoms with Gasteiger partial charge in [0.15, 0.2) is 0 Å². The third-order valence-corrected chi connectivity index (χ3v) is 2.12. The van der Waals surface area contributed by atoms with Crippen LogP contribution >= 0.6 is 0 Å². The van der Waals surface area contributed by atoms with E-state index < -0.39 is 18.2 Å². The van der Waals surface area contributed by atoms with Crippen LogP contribution in [0.4, 0.5) is 13.2 Å². The molecule has 1 heterocycles. The Morgan fingerprint density at radius 3 is 2.75 bits per heavy atom. The summed E-state index contributed by atoms with van der Waals surface area (Å²) in [6, 6.07) is 0. The monoisotopic (exact) mass is 229 g/mol. The molecule has 0 N–H and O–H groups in total. The molecule has 2 rings (SSSR count). The molecule has 1 unspecified atom stereocenters. The fourth-order valence-electron chi connectivity index (χ4n) is 1.50. The summed E-state index contributed by atoms with van der Waals surface area (Å²) >= 11 is 0. The van der Waals surface area contributed by atoms with Crippen molar-refractivity contribution in [2.24, 2.45) is 10.9 Å². The van der Waals surface area contributed by atoms with Crippen molar-refractivity contribution in [3.8, 4) is 0 Å². The highest BCUT2D eigenvalue weighted by Crippen LogP contribution is 2.33. The minimum Gasteiger partial charge on any atom is -0.405 e. The lowest BCUT2D eigenvalue weighted by Crippen LogP contribution is -2.23. The predicted octanol–water partition coefficient (Wildman–Crippen LogP) is 2.13. The number of hydrogen-bond donors (Lipinski definition) is 0. The molecule has 0 fully saturated rings. The average molecular weight is 229 g/mol. The minimum atomic E-state index is -4.76. The highest BCUT2D eigenvalue weighted by molar-refractivity contribution is 5.98. The number of amides is 1. The van der Waals surface area contributed by atoms with Gasteiger partial charge in [0.1, 0.15) is 5.76 Å². The Kier molecular flexibility index (Phi) is 2.41. The number of carbonyl (C=O) groups is 1. The molecule has 0 radical (unpaired) electrons. The van der Waals surface area contributed by atoms with Crippen LogP contribution in [-0.4, -0.2) is 18.5 Å². The molecule has 16 heavy (non-hydrogen) atoms. The van der Waals surface area contributed by atoms with Gasteiger partial charge in [-0.25, -0.2) is 4.99 Å². The number of alkyl halides is 3. The Morgan fingerprint density at radius 1 is 1.31 bits per heavy atom. The van der Waals surface area contributed by atoms with E-state index in [1.165, 1.54) is 30.5 Å². The number of hydrogen-bond acceptors (Lipinski definition) is 2. The number of halogens is 3. The van der Waals surface area contributed by atoms with Gasteiger partial charge in [0.25, 0.3) is 5.91 Å². The van der Waals surface area contributed by atoms with Gasteiger partial charge in [-0.2, -0.15) is 0 Å². The second kappa shape index (κ2) is 3.62. The molecular weight excluding hydrogens is 223 g/mol. The van der Waals surface area contributed by atoms with Gasteiger partial charge in [0, 0.05) is 11.8 Å². The van der Waals surface area contributed by atoms with Crippen LogP contribution in [0.1, 0.15) is 0 Å². The van der Waals surface area contributed by atoms with Gasteiger partial charge in [-0.15, -0.1) is 13.2 Å². The molecule has 0 spiro atoms. The molecule has 0 saturated carbocycles. The standard InChI is InChI=1S/C10H6F3NO2/c11-10(12,13)16-8-3-1-2-7-6(8)4-5-14-9(7)15/h1-5,7H. The highest BCUT2D eigenvalue weighted by Gasteiger charge is 2.36. The van der Waals surface area contributed by atoms with E-state index in [0.717, 1.165) is 0 Å². The van der Waals surface area contributed by atoms with Gasteiger partial charge in [-0.05, 0) is 12.2 Å². The van der Waals surface area contributed by atoms with E-state index in [1.807, 2.05) is 0 Å². The van der Waals surface area contributed by atoms with Crippen LogP contribution in [0.15, 0.2) is 40.6 Å². The van der Waals surface area contributed by atoms with E-state index in [4.69, 9.17) is 0 Å². The van der Waals surface area contributed by atoms with E-state index in [9.17, 15) is 18.0 Å². The summed E-state index contributed by atoms with van der Waals surface area (Å²) in [5.41, 5.74) is 0.180. The number of aliphatic imine (C=N–C) groups is 1. The topological polar surface area (TPSA) is 38.7 Å². The number of nitrogens with zero attached hydrogens (tertiary/aromatic N) is 1. The van der Waals surface area contributed by atoms with Crippen LogP contribution in [0.2, 0.25) is 0 Å². The number of dihydropyridines is 1. The molecule has 3 nitrogen and oxygen atoms in total. The van der Waals surface area contributed by atoms with E-state index >= 15 is 0 Å². The maximum atomic E-state index is 12.1. The molecule has 1 aliphatic carbocycles. The van der Waals surface area contributed by atoms with Crippen molar-refractivity contribution in [2.45, 2.75) is 6.36 Å². The van der Waals surface area contributed by atoms with Crippen LogP contribution < -0.4 is 0 Å². The van der Waals surface area contributed by atoms with Gasteiger partial charge in [-0.1, -0.05) is 12.2 Å². The maximum absolute atomic E-state index is 12.1. The molecule has 0 aromatic carbocycles. The third kappa shape index (κ3) is 2.05. The molecule has 1 amide bonds. The van der Waals surface area contributed by atoms with Crippen molar-refractivity contribution in [3.63, 3.8) is 0 Å². The van der Waals surface area contributed by atoms with E-state index in [-0.39, 0.29) is 11.3 Å². The normalized spacial score (nSPS) is 23.7. The molecule has 0 bridgehead atoms. The van der Waals surface area contributed by atoms with Gasteiger partial charge in [0.05, 0.1) is 5.92 Å². The zero-order valence-electron chi connectivity index (χ0n) is 7.86. The minimum absolute atomic E-state index is 0.180. The van der Waals surface area contributed by atoms with Gasteiger partial charge >= 0.3 is 6.36 Å². The lowest BCUT2D eigenvalue weighted by Gasteiger charge is -2.22. The van der Waals surface area contributed by atoms with Crippen molar-refractivity contribution in [2.75, 3.05) is 0 Å². The first kappa shape index (κ1) is 10.7. The largest absolute Gasteiger partial charge is 0.573 e. The fraction of sp³-hybridized carbons (Fsp3) is 0.200. The second-order valence-corrected chi connectivity index (χ2v) is 3.18. The molecule has 0 saturated heterocycles. The van der Waals surface area contributed by atoms with Crippen molar-refractivity contribution in [1.82, 2.24) is 0 Å². The van der Waals surface area contributed by atoms with Crippen LogP contribution in [0.3, 0.4) is 0 Å². The number of rotatable bonds is 1. The second-order valence-electron chi connectivity index (χ2n) is 3.18. The summed E-state index contributed by atoms with van der Waals surface area (Å²) in [6.45, 7) is 0. The lowest BCUT2D eigenvalue weighted by molar-refractivity contribution is -0.304. The van der Waals surface area contributed by atoms with E-state index in [1.54, 1.807) is 0 Å². The SMILES string of the molecule is O=C1N=CC=C2C(OC(F)(F)F)=CC=CC12. The highest BCUT2D eigenvalue weighted by atomic mass is 19.4. The van der Waals surface area contributed by atoms with Gasteiger partial charge in [-0.3, -0.25) is 4.79 Å². The summed E-state index contributed by atoms with van der Waals surface area (Å²) in [4.78, 5) is 14.8. The summed E-state index contributed by atoms with van der Waals surface area (Å²) in [6.07, 6.45) is 1.74. The first-order chi connectivity index (χ1) is 7.47. The first-order valence-electron chi connectivity index (χ1n) is 4.40. The quantitative estimate of drug-likeness (QED) is 0.690. The van der Waals surface area contributed by atoms with Gasteiger partial charge in [0.2, 0.25) is 0 Å². The molecular formula is C10H6F3NO2. The van der Waals surface area contributed by atoms with E-state index in [2.05, 4.69) is 9.73 Å². The molecule has 6 heteroatoms. The van der Waals surface area contributed by atoms with E-state index in [0.29, 0.717) is 0 Å². The third-order valence-electron chi connectivity index (χ3n) is 2.12. The lowest BCUT2D eigenvalue weighted by atomic mass is 9.91. The molecule has 1 aliphatic heterocycles. The predicted molar refractivity (Wildman–Crippen MR) is 49.4 cm³/mol. The Labute approximate surface area is 88.6 Å². The van der Waals surface area contributed by atoms with Crippen molar-refractivity contribution in [3.05, 3.63) is 35.6 Å². The Hall–Kier alpha value is -1.85. The smallest absolute Gasteiger partial charge is 0.405 e. The van der Waals surface area contributed by atoms with Gasteiger partial charge < -0.3 is 4.74 Å². The Bertz CT molecular complexity index is 443. The van der Waals surface area contributed by atoms with Crippen LogP contribution in [-0.2, 0) is 9.53 Å². The van der Waals surface area contributed by atoms with Crippen molar-refractivity contribution >= 4 is 12.1 Å². The summed E-state index contributed by atoms with van der Waals surface area (Å²) in [5.74, 6) is -1.63. The fourth-order valence-corrected chi connectivity index (χ4v) is 1.50. The van der Waals surface area contributed by atoms with Crippen molar-refractivity contribution < 1.29 is 22.7 Å².